The van der Waals surface area contributed by atoms with Crippen LogP contribution in [0.1, 0.15) is 12.0 Å². The van der Waals surface area contributed by atoms with Gasteiger partial charge in [-0.2, -0.15) is 0 Å². The molecule has 0 amide bonds. The van der Waals surface area contributed by atoms with E-state index in [1.807, 2.05) is 53.9 Å². The Hall–Kier alpha value is -2.57. The smallest absolute Gasteiger partial charge is 0.260 e. The lowest BCUT2D eigenvalue weighted by Crippen LogP contribution is -2.09. The summed E-state index contributed by atoms with van der Waals surface area (Å²) in [6, 6.07) is 18.0. The van der Waals surface area contributed by atoms with Crippen LogP contribution in [0.5, 0.6) is 5.75 Å². The van der Waals surface area contributed by atoms with E-state index in [-0.39, 0.29) is 5.56 Å². The highest BCUT2D eigenvalue weighted by Crippen LogP contribution is 2.31. The van der Waals surface area contributed by atoms with Crippen LogP contribution in [-0.4, -0.2) is 22.3 Å². The zero-order chi connectivity index (χ0) is 19.3. The number of benzene rings is 2. The minimum absolute atomic E-state index is 0.0800. The molecule has 4 aromatic rings. The summed E-state index contributed by atoms with van der Waals surface area (Å²) in [5.41, 5.74) is 3.09. The highest BCUT2D eigenvalue weighted by molar-refractivity contribution is 7.99. The molecule has 28 heavy (non-hydrogen) atoms. The number of aryl methyl sites for hydroxylation is 1. The molecule has 4 nitrogen and oxygen atoms in total. The first-order valence-electron chi connectivity index (χ1n) is 9.10. The first-order chi connectivity index (χ1) is 13.7. The summed E-state index contributed by atoms with van der Waals surface area (Å²) in [4.78, 5) is 21.0. The fraction of sp³-hybridized carbons (Fsp3) is 0.182. The SMILES string of the molecule is Cc1cccc(OCCCSc2nc3scc(-c4ccccc4)c3c(=O)[nH]2)c1. The minimum Gasteiger partial charge on any atom is -0.494 e. The van der Waals surface area contributed by atoms with Gasteiger partial charge in [0.05, 0.1) is 12.0 Å². The van der Waals surface area contributed by atoms with Gasteiger partial charge < -0.3 is 9.72 Å². The molecule has 0 bridgehead atoms. The van der Waals surface area contributed by atoms with Crippen molar-refractivity contribution in [1.29, 1.82) is 0 Å². The lowest BCUT2D eigenvalue weighted by Gasteiger charge is -2.06. The summed E-state index contributed by atoms with van der Waals surface area (Å²) in [7, 11) is 0. The van der Waals surface area contributed by atoms with Crippen molar-refractivity contribution in [3.63, 3.8) is 0 Å². The second kappa shape index (κ2) is 8.63. The maximum atomic E-state index is 12.6. The van der Waals surface area contributed by atoms with Crippen LogP contribution in [0, 0.1) is 6.92 Å². The van der Waals surface area contributed by atoms with Crippen LogP contribution in [0.2, 0.25) is 0 Å². The second-order valence-corrected chi connectivity index (χ2v) is 8.38. The van der Waals surface area contributed by atoms with Gasteiger partial charge in [0.1, 0.15) is 10.6 Å². The van der Waals surface area contributed by atoms with Crippen LogP contribution < -0.4 is 10.3 Å². The molecule has 0 aliphatic carbocycles. The summed E-state index contributed by atoms with van der Waals surface area (Å²) < 4.78 is 5.77. The van der Waals surface area contributed by atoms with Crippen molar-refractivity contribution in [2.45, 2.75) is 18.5 Å². The first kappa shape index (κ1) is 18.8. The Morgan fingerprint density at radius 1 is 1.14 bits per heavy atom. The number of ether oxygens (including phenoxy) is 1. The Morgan fingerprint density at radius 3 is 2.82 bits per heavy atom. The number of nitrogens with one attached hydrogen (secondary N) is 1. The quantitative estimate of drug-likeness (QED) is 0.248. The van der Waals surface area contributed by atoms with E-state index >= 15 is 0 Å². The van der Waals surface area contributed by atoms with Crippen molar-refractivity contribution < 1.29 is 4.74 Å². The number of thioether (sulfide) groups is 1. The average Bonchev–Trinajstić information content (AvgIpc) is 3.13. The van der Waals surface area contributed by atoms with Gasteiger partial charge in [-0.05, 0) is 36.6 Å². The number of rotatable bonds is 7. The van der Waals surface area contributed by atoms with Gasteiger partial charge >= 0.3 is 0 Å². The van der Waals surface area contributed by atoms with Crippen LogP contribution in [0.15, 0.2) is 69.9 Å². The molecule has 2 aromatic carbocycles. The molecule has 142 valence electrons. The number of hydrogen-bond donors (Lipinski definition) is 1. The molecule has 0 atom stereocenters. The molecule has 2 aromatic heterocycles. The Bertz CT molecular complexity index is 1140. The molecule has 6 heteroatoms. The molecule has 0 fully saturated rings. The van der Waals surface area contributed by atoms with E-state index in [0.717, 1.165) is 33.9 Å². The Balaban J connectivity index is 1.39. The Morgan fingerprint density at radius 2 is 2.00 bits per heavy atom. The van der Waals surface area contributed by atoms with Crippen LogP contribution in [0.25, 0.3) is 21.3 Å². The van der Waals surface area contributed by atoms with Crippen LogP contribution in [-0.2, 0) is 0 Å². The fourth-order valence-corrected chi connectivity index (χ4v) is 4.73. The number of fused-ring (bicyclic) bond motifs is 1. The molecule has 0 saturated heterocycles. The summed E-state index contributed by atoms with van der Waals surface area (Å²) >= 11 is 3.06. The standard InChI is InChI=1S/C22H20N2O2S2/c1-15-7-5-10-17(13-15)26-11-6-12-27-22-23-20(25)19-18(14-28-21(19)24-22)16-8-3-2-4-9-16/h2-5,7-10,13-14H,6,11-12H2,1H3,(H,23,24,25). The second-order valence-electron chi connectivity index (χ2n) is 6.43. The third-order valence-corrected chi connectivity index (χ3v) is 6.12. The molecule has 2 heterocycles. The highest BCUT2D eigenvalue weighted by atomic mass is 32.2. The molecule has 0 unspecified atom stereocenters. The highest BCUT2D eigenvalue weighted by Gasteiger charge is 2.12. The molecule has 1 N–H and O–H groups in total. The van der Waals surface area contributed by atoms with E-state index in [0.29, 0.717) is 17.1 Å². The van der Waals surface area contributed by atoms with Crippen LogP contribution >= 0.6 is 23.1 Å². The van der Waals surface area contributed by atoms with Crippen molar-refractivity contribution in [2.75, 3.05) is 12.4 Å². The van der Waals surface area contributed by atoms with E-state index in [4.69, 9.17) is 4.74 Å². The van der Waals surface area contributed by atoms with Gasteiger partial charge in [-0.1, -0.05) is 54.2 Å². The number of aromatic amines is 1. The monoisotopic (exact) mass is 408 g/mol. The zero-order valence-corrected chi connectivity index (χ0v) is 17.1. The Kier molecular flexibility index (Phi) is 5.78. The summed E-state index contributed by atoms with van der Waals surface area (Å²) in [5.74, 6) is 1.72. The fourth-order valence-electron chi connectivity index (χ4n) is 2.95. The number of H-pyrrole nitrogens is 1. The topological polar surface area (TPSA) is 55.0 Å². The molecule has 0 saturated carbocycles. The predicted molar refractivity (Wildman–Crippen MR) is 118 cm³/mol. The minimum atomic E-state index is -0.0800. The largest absolute Gasteiger partial charge is 0.494 e. The van der Waals surface area contributed by atoms with Crippen LogP contribution in [0.4, 0.5) is 0 Å². The van der Waals surface area contributed by atoms with E-state index in [9.17, 15) is 4.79 Å². The molecule has 4 rings (SSSR count). The number of aromatic nitrogens is 2. The first-order valence-corrected chi connectivity index (χ1v) is 11.0. The van der Waals surface area contributed by atoms with Gasteiger partial charge in [-0.15, -0.1) is 11.3 Å². The predicted octanol–water partition coefficient (Wildman–Crippen LogP) is 5.52. The average molecular weight is 409 g/mol. The van der Waals surface area contributed by atoms with Crippen molar-refractivity contribution in [1.82, 2.24) is 9.97 Å². The normalized spacial score (nSPS) is 11.0. The molecule has 0 aliphatic heterocycles. The third-order valence-electron chi connectivity index (χ3n) is 4.29. The Labute approximate surface area is 171 Å². The van der Waals surface area contributed by atoms with Gasteiger partial charge in [-0.3, -0.25) is 4.79 Å². The van der Waals surface area contributed by atoms with Gasteiger partial charge in [0.2, 0.25) is 0 Å². The number of thiophene rings is 1. The lowest BCUT2D eigenvalue weighted by molar-refractivity contribution is 0.318. The van der Waals surface area contributed by atoms with Crippen LogP contribution in [0.3, 0.4) is 0 Å². The van der Waals surface area contributed by atoms with Gasteiger partial charge in [0, 0.05) is 16.7 Å². The maximum absolute atomic E-state index is 12.6. The van der Waals surface area contributed by atoms with Gasteiger partial charge in [-0.25, -0.2) is 4.98 Å². The summed E-state index contributed by atoms with van der Waals surface area (Å²) in [6.07, 6.45) is 0.875. The molecule has 0 aliphatic rings. The molecule has 0 radical (unpaired) electrons. The van der Waals surface area contributed by atoms with Gasteiger partial charge in [0.15, 0.2) is 5.16 Å². The van der Waals surface area contributed by atoms with Crippen molar-refractivity contribution in [3.8, 4) is 16.9 Å². The van der Waals surface area contributed by atoms with Crippen molar-refractivity contribution >= 4 is 33.3 Å². The number of nitrogens with zero attached hydrogens (tertiary/aromatic N) is 1. The van der Waals surface area contributed by atoms with E-state index in [1.54, 1.807) is 11.8 Å². The van der Waals surface area contributed by atoms with Gasteiger partial charge in [0.25, 0.3) is 5.56 Å². The molecular formula is C22H20N2O2S2. The lowest BCUT2D eigenvalue weighted by atomic mass is 10.1. The number of hydrogen-bond acceptors (Lipinski definition) is 5. The van der Waals surface area contributed by atoms with E-state index in [1.165, 1.54) is 16.9 Å². The van der Waals surface area contributed by atoms with Crippen molar-refractivity contribution in [2.24, 2.45) is 0 Å². The summed E-state index contributed by atoms with van der Waals surface area (Å²) in [5, 5.41) is 3.34. The van der Waals surface area contributed by atoms with Crippen molar-refractivity contribution in [3.05, 3.63) is 75.9 Å². The summed E-state index contributed by atoms with van der Waals surface area (Å²) in [6.45, 7) is 2.69. The maximum Gasteiger partial charge on any atom is 0.260 e. The molecular weight excluding hydrogens is 388 g/mol. The van der Waals surface area contributed by atoms with E-state index < -0.39 is 0 Å². The zero-order valence-electron chi connectivity index (χ0n) is 15.5. The third kappa shape index (κ3) is 4.29. The van der Waals surface area contributed by atoms with E-state index in [2.05, 4.69) is 23.0 Å². The molecule has 0 spiro atoms.